The molecule has 27 heavy (non-hydrogen) atoms. The predicted octanol–water partition coefficient (Wildman–Crippen LogP) is 3.64. The standard InChI is InChI=1S/C22H22N2O3/c1-27-21(25)14-16-10-12-24(13-11-16)22(26)20-8-6-19(7-9-20)18-4-2-17(15-23)3-5-18/h2-9,16H,10-14H2,1H3. The van der Waals surface area contributed by atoms with E-state index in [2.05, 4.69) is 6.07 Å². The molecule has 1 heterocycles. The molecule has 0 bridgehead atoms. The topological polar surface area (TPSA) is 70.4 Å². The number of likely N-dealkylation sites (tertiary alicyclic amines) is 1. The van der Waals surface area contributed by atoms with Gasteiger partial charge in [-0.1, -0.05) is 24.3 Å². The Morgan fingerprint density at radius 3 is 2.11 bits per heavy atom. The summed E-state index contributed by atoms with van der Waals surface area (Å²) in [4.78, 5) is 25.9. The van der Waals surface area contributed by atoms with E-state index in [9.17, 15) is 9.59 Å². The van der Waals surface area contributed by atoms with Crippen molar-refractivity contribution in [3.05, 3.63) is 59.7 Å². The lowest BCUT2D eigenvalue weighted by Crippen LogP contribution is -2.38. The maximum absolute atomic E-state index is 12.7. The third kappa shape index (κ3) is 4.53. The maximum atomic E-state index is 12.7. The van der Waals surface area contributed by atoms with Gasteiger partial charge in [-0.25, -0.2) is 0 Å². The molecule has 3 rings (SSSR count). The number of rotatable bonds is 4. The zero-order valence-corrected chi connectivity index (χ0v) is 15.4. The average Bonchev–Trinajstić information content (AvgIpc) is 2.74. The molecule has 1 aliphatic rings. The number of hydrogen-bond acceptors (Lipinski definition) is 4. The first-order chi connectivity index (χ1) is 13.1. The Kier molecular flexibility index (Phi) is 5.87. The van der Waals surface area contributed by atoms with Crippen LogP contribution in [0.2, 0.25) is 0 Å². The molecule has 0 spiro atoms. The van der Waals surface area contributed by atoms with Gasteiger partial charge in [-0.3, -0.25) is 9.59 Å². The molecule has 1 aliphatic heterocycles. The number of nitrogens with zero attached hydrogens (tertiary/aromatic N) is 2. The third-order valence-electron chi connectivity index (χ3n) is 5.06. The van der Waals surface area contributed by atoms with Crippen LogP contribution in [0, 0.1) is 17.2 Å². The van der Waals surface area contributed by atoms with Crippen LogP contribution in [-0.2, 0) is 9.53 Å². The van der Waals surface area contributed by atoms with Crippen molar-refractivity contribution in [3.8, 4) is 17.2 Å². The molecule has 0 N–H and O–H groups in total. The smallest absolute Gasteiger partial charge is 0.305 e. The molecule has 0 atom stereocenters. The van der Waals surface area contributed by atoms with Gasteiger partial charge in [-0.15, -0.1) is 0 Å². The fraction of sp³-hybridized carbons (Fsp3) is 0.318. The molecule has 2 aromatic rings. The highest BCUT2D eigenvalue weighted by Crippen LogP contribution is 2.24. The van der Waals surface area contributed by atoms with Crippen LogP contribution in [-0.4, -0.2) is 37.0 Å². The molecule has 5 nitrogen and oxygen atoms in total. The Labute approximate surface area is 159 Å². The van der Waals surface area contributed by atoms with Gasteiger partial charge >= 0.3 is 5.97 Å². The van der Waals surface area contributed by atoms with Crippen LogP contribution in [0.25, 0.3) is 11.1 Å². The number of methoxy groups -OCH3 is 1. The number of esters is 1. The van der Waals surface area contributed by atoms with Crippen molar-refractivity contribution in [2.24, 2.45) is 5.92 Å². The van der Waals surface area contributed by atoms with Crippen LogP contribution in [0.3, 0.4) is 0 Å². The van der Waals surface area contributed by atoms with Crippen LogP contribution in [0.4, 0.5) is 0 Å². The molecular weight excluding hydrogens is 340 g/mol. The first-order valence-electron chi connectivity index (χ1n) is 9.07. The van der Waals surface area contributed by atoms with Crippen molar-refractivity contribution in [1.29, 1.82) is 5.26 Å². The number of carbonyl (C=O) groups excluding carboxylic acids is 2. The van der Waals surface area contributed by atoms with Gasteiger partial charge in [0.05, 0.1) is 18.7 Å². The molecule has 0 radical (unpaired) electrons. The number of carbonyl (C=O) groups is 2. The quantitative estimate of drug-likeness (QED) is 0.779. The van der Waals surface area contributed by atoms with Gasteiger partial charge in [-0.05, 0) is 54.2 Å². The molecule has 1 fully saturated rings. The van der Waals surface area contributed by atoms with Gasteiger partial charge in [0.2, 0.25) is 0 Å². The number of hydrogen-bond donors (Lipinski definition) is 0. The molecule has 0 unspecified atom stereocenters. The van der Waals surface area contributed by atoms with Crippen LogP contribution in [0.15, 0.2) is 48.5 Å². The number of amides is 1. The lowest BCUT2D eigenvalue weighted by atomic mass is 9.93. The van der Waals surface area contributed by atoms with Gasteiger partial charge in [0.25, 0.3) is 5.91 Å². The Morgan fingerprint density at radius 2 is 1.59 bits per heavy atom. The third-order valence-corrected chi connectivity index (χ3v) is 5.06. The molecule has 2 aromatic carbocycles. The molecule has 5 heteroatoms. The SMILES string of the molecule is COC(=O)CC1CCN(C(=O)c2ccc(-c3ccc(C#N)cc3)cc2)CC1. The summed E-state index contributed by atoms with van der Waals surface area (Å²) in [7, 11) is 1.41. The number of piperidine rings is 1. The first kappa shape index (κ1) is 18.7. The van der Waals surface area contributed by atoms with E-state index in [1.807, 2.05) is 41.3 Å². The van der Waals surface area contributed by atoms with Crippen LogP contribution in [0.1, 0.15) is 35.2 Å². The van der Waals surface area contributed by atoms with E-state index in [0.29, 0.717) is 36.6 Å². The fourth-order valence-corrected chi connectivity index (χ4v) is 3.38. The Morgan fingerprint density at radius 1 is 1.04 bits per heavy atom. The van der Waals surface area contributed by atoms with Gasteiger partial charge in [0.15, 0.2) is 0 Å². The summed E-state index contributed by atoms with van der Waals surface area (Å²) >= 11 is 0. The van der Waals surface area contributed by atoms with Gasteiger partial charge < -0.3 is 9.64 Å². The second-order valence-corrected chi connectivity index (χ2v) is 6.78. The summed E-state index contributed by atoms with van der Waals surface area (Å²) in [6.45, 7) is 1.33. The lowest BCUT2D eigenvalue weighted by molar-refractivity contribution is -0.142. The molecule has 0 saturated carbocycles. The molecule has 0 aliphatic carbocycles. The number of benzene rings is 2. The van der Waals surface area contributed by atoms with Crippen molar-refractivity contribution in [2.75, 3.05) is 20.2 Å². The number of ether oxygens (including phenoxy) is 1. The van der Waals surface area contributed by atoms with E-state index in [0.717, 1.165) is 24.0 Å². The van der Waals surface area contributed by atoms with Gasteiger partial charge in [-0.2, -0.15) is 5.26 Å². The second kappa shape index (κ2) is 8.50. The second-order valence-electron chi connectivity index (χ2n) is 6.78. The Bertz CT molecular complexity index is 843. The van der Waals surface area contributed by atoms with E-state index in [4.69, 9.17) is 10.00 Å². The van der Waals surface area contributed by atoms with Crippen molar-refractivity contribution < 1.29 is 14.3 Å². The normalized spacial score (nSPS) is 14.4. The minimum atomic E-state index is -0.182. The highest BCUT2D eigenvalue weighted by molar-refractivity contribution is 5.94. The minimum Gasteiger partial charge on any atom is -0.469 e. The van der Waals surface area contributed by atoms with Crippen molar-refractivity contribution in [2.45, 2.75) is 19.3 Å². The summed E-state index contributed by atoms with van der Waals surface area (Å²) in [5.41, 5.74) is 3.31. The van der Waals surface area contributed by atoms with Crippen LogP contribution < -0.4 is 0 Å². The highest BCUT2D eigenvalue weighted by Gasteiger charge is 2.25. The zero-order chi connectivity index (χ0) is 19.2. The van der Waals surface area contributed by atoms with E-state index in [1.165, 1.54) is 7.11 Å². The molecule has 0 aromatic heterocycles. The van der Waals surface area contributed by atoms with Crippen molar-refractivity contribution >= 4 is 11.9 Å². The van der Waals surface area contributed by atoms with Crippen LogP contribution >= 0.6 is 0 Å². The summed E-state index contributed by atoms with van der Waals surface area (Å²) < 4.78 is 4.72. The van der Waals surface area contributed by atoms with E-state index in [-0.39, 0.29) is 11.9 Å². The Hall–Kier alpha value is -3.13. The van der Waals surface area contributed by atoms with Crippen molar-refractivity contribution in [1.82, 2.24) is 4.90 Å². The Balaban J connectivity index is 1.61. The largest absolute Gasteiger partial charge is 0.469 e. The van der Waals surface area contributed by atoms with E-state index >= 15 is 0 Å². The zero-order valence-electron chi connectivity index (χ0n) is 15.4. The fourth-order valence-electron chi connectivity index (χ4n) is 3.38. The van der Waals surface area contributed by atoms with Crippen LogP contribution in [0.5, 0.6) is 0 Å². The van der Waals surface area contributed by atoms with E-state index in [1.54, 1.807) is 12.1 Å². The van der Waals surface area contributed by atoms with E-state index < -0.39 is 0 Å². The summed E-state index contributed by atoms with van der Waals surface area (Å²) in [5.74, 6) is 0.135. The summed E-state index contributed by atoms with van der Waals surface area (Å²) in [6, 6.07) is 17.0. The summed E-state index contributed by atoms with van der Waals surface area (Å²) in [5, 5.41) is 8.88. The molecule has 1 amide bonds. The van der Waals surface area contributed by atoms with Gasteiger partial charge in [0, 0.05) is 25.1 Å². The average molecular weight is 362 g/mol. The lowest BCUT2D eigenvalue weighted by Gasteiger charge is -2.31. The monoisotopic (exact) mass is 362 g/mol. The highest BCUT2D eigenvalue weighted by atomic mass is 16.5. The van der Waals surface area contributed by atoms with Gasteiger partial charge in [0.1, 0.15) is 0 Å². The minimum absolute atomic E-state index is 0.0258. The van der Waals surface area contributed by atoms with Crippen molar-refractivity contribution in [3.63, 3.8) is 0 Å². The first-order valence-corrected chi connectivity index (χ1v) is 9.07. The predicted molar refractivity (Wildman–Crippen MR) is 102 cm³/mol. The number of nitriles is 1. The molecular formula is C22H22N2O3. The molecule has 1 saturated heterocycles. The molecule has 138 valence electrons. The maximum Gasteiger partial charge on any atom is 0.305 e. The summed E-state index contributed by atoms with van der Waals surface area (Å²) in [6.07, 6.45) is 2.08.